The smallest absolute Gasteiger partial charge is 0.146 e. The van der Waals surface area contributed by atoms with Crippen LogP contribution < -0.4 is 0 Å². The van der Waals surface area contributed by atoms with Gasteiger partial charge in [-0.25, -0.2) is 4.39 Å². The van der Waals surface area contributed by atoms with Crippen molar-refractivity contribution in [2.24, 2.45) is 0 Å². The van der Waals surface area contributed by atoms with Crippen molar-refractivity contribution in [1.29, 1.82) is 0 Å². The van der Waals surface area contributed by atoms with E-state index in [0.717, 1.165) is 41.3 Å². The first kappa shape index (κ1) is 26.0. The van der Waals surface area contributed by atoms with Gasteiger partial charge in [-0.15, -0.1) is 0 Å². The number of benzene rings is 4. The van der Waals surface area contributed by atoms with Crippen molar-refractivity contribution in [2.45, 2.75) is 52.4 Å². The highest BCUT2D eigenvalue weighted by atomic mass is 19.1. The minimum Gasteiger partial charge on any atom is -0.205 e. The zero-order valence-electron chi connectivity index (χ0n) is 21.8. The lowest BCUT2D eigenvalue weighted by Gasteiger charge is -2.06. The lowest BCUT2D eigenvalue weighted by Crippen LogP contribution is -1.90. The van der Waals surface area contributed by atoms with E-state index in [1.165, 1.54) is 30.4 Å². The van der Waals surface area contributed by atoms with Crippen LogP contribution in [0.15, 0.2) is 91.0 Å². The van der Waals surface area contributed by atoms with Gasteiger partial charge in [-0.05, 0) is 91.6 Å². The van der Waals surface area contributed by atoms with Gasteiger partial charge in [0.1, 0.15) is 5.82 Å². The average molecular weight is 485 g/mol. The fourth-order valence-corrected chi connectivity index (χ4v) is 4.26. The molecule has 0 aromatic heterocycles. The molecule has 0 atom stereocenters. The van der Waals surface area contributed by atoms with Crippen LogP contribution in [0.4, 0.5) is 4.39 Å². The molecule has 0 spiro atoms. The van der Waals surface area contributed by atoms with Crippen LogP contribution in [0.2, 0.25) is 0 Å². The van der Waals surface area contributed by atoms with Gasteiger partial charge in [0.15, 0.2) is 0 Å². The van der Waals surface area contributed by atoms with E-state index >= 15 is 4.39 Å². The van der Waals surface area contributed by atoms with Crippen LogP contribution >= 0.6 is 0 Å². The van der Waals surface area contributed by atoms with E-state index in [4.69, 9.17) is 0 Å². The number of rotatable bonds is 7. The topological polar surface area (TPSA) is 0 Å². The van der Waals surface area contributed by atoms with E-state index in [1.54, 1.807) is 6.07 Å². The highest BCUT2D eigenvalue weighted by Gasteiger charge is 2.06. The van der Waals surface area contributed by atoms with Gasteiger partial charge in [0.2, 0.25) is 0 Å². The Kier molecular flexibility index (Phi) is 9.35. The van der Waals surface area contributed by atoms with E-state index < -0.39 is 0 Å². The van der Waals surface area contributed by atoms with Gasteiger partial charge in [-0.1, -0.05) is 92.0 Å². The Morgan fingerprint density at radius 1 is 0.676 bits per heavy atom. The van der Waals surface area contributed by atoms with Crippen LogP contribution in [0, 0.1) is 29.5 Å². The summed E-state index contributed by atoms with van der Waals surface area (Å²) in [5.41, 5.74) is 5.76. The van der Waals surface area contributed by atoms with E-state index in [0.29, 0.717) is 10.9 Å². The molecule has 0 saturated heterocycles. The largest absolute Gasteiger partial charge is 0.205 e. The molecule has 0 unspecified atom stereocenters. The van der Waals surface area contributed by atoms with Crippen molar-refractivity contribution < 1.29 is 4.39 Å². The normalized spacial score (nSPS) is 10.7. The Hall–Kier alpha value is -4.07. The number of fused-ring (bicyclic) bond motifs is 1. The summed E-state index contributed by atoms with van der Waals surface area (Å²) in [4.78, 5) is 0. The van der Waals surface area contributed by atoms with E-state index in [2.05, 4.69) is 73.1 Å². The molecular formula is C36H33F. The van der Waals surface area contributed by atoms with Gasteiger partial charge >= 0.3 is 0 Å². The van der Waals surface area contributed by atoms with Gasteiger partial charge in [0.25, 0.3) is 0 Å². The molecule has 0 fully saturated rings. The molecule has 4 aromatic rings. The molecule has 0 saturated carbocycles. The lowest BCUT2D eigenvalue weighted by molar-refractivity contribution is 0.636. The van der Waals surface area contributed by atoms with Crippen LogP contribution in [-0.4, -0.2) is 0 Å². The Morgan fingerprint density at radius 3 is 1.95 bits per heavy atom. The maximum atomic E-state index is 15.1. The Bertz CT molecular complexity index is 1480. The number of aryl methyl sites for hydroxylation is 2. The van der Waals surface area contributed by atoms with Crippen molar-refractivity contribution in [2.75, 3.05) is 0 Å². The molecule has 37 heavy (non-hydrogen) atoms. The Morgan fingerprint density at radius 2 is 1.30 bits per heavy atom. The number of hydrogen-bond acceptors (Lipinski definition) is 0. The minimum atomic E-state index is -0.250. The molecule has 0 N–H and O–H groups in total. The van der Waals surface area contributed by atoms with Crippen LogP contribution in [0.25, 0.3) is 10.8 Å². The van der Waals surface area contributed by atoms with Gasteiger partial charge in [0.05, 0.1) is 5.56 Å². The quantitative estimate of drug-likeness (QED) is 0.139. The first-order valence-corrected chi connectivity index (χ1v) is 13.2. The molecule has 4 rings (SSSR count). The SMILES string of the molecule is C/C=C/CCc1ccc(C#Cc2ccc(C#Cc3ccc4cc(CCCCC)ccc4c3F)cc2)cc1. The van der Waals surface area contributed by atoms with Gasteiger partial charge < -0.3 is 0 Å². The van der Waals surface area contributed by atoms with E-state index in [-0.39, 0.29) is 5.82 Å². The maximum Gasteiger partial charge on any atom is 0.146 e. The molecule has 0 aliphatic carbocycles. The summed E-state index contributed by atoms with van der Waals surface area (Å²) < 4.78 is 15.1. The van der Waals surface area contributed by atoms with E-state index in [9.17, 15) is 0 Å². The van der Waals surface area contributed by atoms with Crippen molar-refractivity contribution in [1.82, 2.24) is 0 Å². The number of hydrogen-bond donors (Lipinski definition) is 0. The number of unbranched alkanes of at least 4 members (excludes halogenated alkanes) is 2. The van der Waals surface area contributed by atoms with Crippen LogP contribution in [0.5, 0.6) is 0 Å². The predicted molar refractivity (Wildman–Crippen MR) is 155 cm³/mol. The molecule has 0 aliphatic heterocycles. The van der Waals surface area contributed by atoms with Crippen LogP contribution in [0.3, 0.4) is 0 Å². The molecule has 0 heterocycles. The van der Waals surface area contributed by atoms with Crippen LogP contribution in [0.1, 0.15) is 72.9 Å². The molecule has 0 amide bonds. The standard InChI is InChI=1S/C36H33F/c1-3-5-7-9-28-11-13-29(14-12-28)15-16-30-17-19-31(20-18-30)21-23-33-24-25-34-27-32(10-8-6-4-2)22-26-35(34)36(33)37/h3,5,11-14,17-20,22,24-27H,4,6-10H2,1-2H3/b5-3+. The monoisotopic (exact) mass is 484 g/mol. The zero-order valence-corrected chi connectivity index (χ0v) is 21.8. The summed E-state index contributed by atoms with van der Waals surface area (Å²) in [7, 11) is 0. The second kappa shape index (κ2) is 13.3. The number of allylic oxidation sites excluding steroid dienone is 2. The highest BCUT2D eigenvalue weighted by molar-refractivity contribution is 5.85. The summed E-state index contributed by atoms with van der Waals surface area (Å²) >= 11 is 0. The van der Waals surface area contributed by atoms with Gasteiger partial charge in [0, 0.05) is 22.1 Å². The molecule has 0 radical (unpaired) electrons. The van der Waals surface area contributed by atoms with E-state index in [1.807, 2.05) is 49.4 Å². The van der Waals surface area contributed by atoms with Gasteiger partial charge in [-0.2, -0.15) is 0 Å². The summed E-state index contributed by atoms with van der Waals surface area (Å²) in [6, 6.07) is 26.0. The summed E-state index contributed by atoms with van der Waals surface area (Å²) in [5.74, 6) is 12.3. The molecule has 4 aromatic carbocycles. The summed E-state index contributed by atoms with van der Waals surface area (Å²) in [6.45, 7) is 4.25. The molecule has 184 valence electrons. The molecule has 0 aliphatic rings. The fraction of sp³-hybridized carbons (Fsp3) is 0.222. The summed E-state index contributed by atoms with van der Waals surface area (Å²) in [6.07, 6.45) is 11.0. The maximum absolute atomic E-state index is 15.1. The first-order valence-electron chi connectivity index (χ1n) is 13.2. The zero-order chi connectivity index (χ0) is 25.9. The third kappa shape index (κ3) is 7.46. The Balaban J connectivity index is 1.42. The second-order valence-corrected chi connectivity index (χ2v) is 9.32. The second-order valence-electron chi connectivity index (χ2n) is 9.32. The third-order valence-electron chi connectivity index (χ3n) is 6.45. The van der Waals surface area contributed by atoms with Crippen molar-refractivity contribution >= 4 is 10.8 Å². The Labute approximate surface area is 221 Å². The average Bonchev–Trinajstić information content (AvgIpc) is 2.93. The predicted octanol–water partition coefficient (Wildman–Crippen LogP) is 9.02. The van der Waals surface area contributed by atoms with Crippen LogP contribution in [-0.2, 0) is 12.8 Å². The van der Waals surface area contributed by atoms with Crippen molar-refractivity contribution in [3.63, 3.8) is 0 Å². The molecular weight excluding hydrogens is 451 g/mol. The fourth-order valence-electron chi connectivity index (χ4n) is 4.26. The molecule has 0 bridgehead atoms. The van der Waals surface area contributed by atoms with Crippen molar-refractivity contribution in [3.05, 3.63) is 130 Å². The van der Waals surface area contributed by atoms with Gasteiger partial charge in [-0.3, -0.25) is 0 Å². The third-order valence-corrected chi connectivity index (χ3v) is 6.45. The molecule has 1 heteroatoms. The lowest BCUT2D eigenvalue weighted by atomic mass is 10.0. The number of halogens is 1. The highest BCUT2D eigenvalue weighted by Crippen LogP contribution is 2.23. The first-order chi connectivity index (χ1) is 18.2. The summed E-state index contributed by atoms with van der Waals surface area (Å²) in [5, 5.41) is 1.56. The van der Waals surface area contributed by atoms with Crippen molar-refractivity contribution in [3.8, 4) is 23.7 Å². The minimum absolute atomic E-state index is 0.250. The molecule has 0 nitrogen and oxygen atoms in total.